The second-order valence-corrected chi connectivity index (χ2v) is 5.04. The molecule has 0 aromatic heterocycles. The van der Waals surface area contributed by atoms with Gasteiger partial charge in [0.15, 0.2) is 0 Å². The number of amides is 1. The Bertz CT molecular complexity index is 490. The summed E-state index contributed by atoms with van der Waals surface area (Å²) in [6, 6.07) is 5.62. The lowest BCUT2D eigenvalue weighted by atomic mass is 10.1. The van der Waals surface area contributed by atoms with Crippen LogP contribution in [0.1, 0.15) is 12.8 Å². The van der Waals surface area contributed by atoms with Crippen LogP contribution >= 0.6 is 15.9 Å². The Labute approximate surface area is 113 Å². The molecule has 1 heterocycles. The summed E-state index contributed by atoms with van der Waals surface area (Å²) >= 11 is 3.39. The van der Waals surface area contributed by atoms with Crippen LogP contribution in [0.2, 0.25) is 0 Å². The van der Waals surface area contributed by atoms with Crippen molar-refractivity contribution in [1.29, 1.82) is 0 Å². The zero-order chi connectivity index (χ0) is 13.1. The second-order valence-electron chi connectivity index (χ2n) is 4.13. The zero-order valence-electron chi connectivity index (χ0n) is 9.65. The number of carboxylic acids is 1. The number of nitrogens with zero attached hydrogens (tertiary/aromatic N) is 1. The first-order valence-corrected chi connectivity index (χ1v) is 6.42. The molecule has 1 aliphatic rings. The smallest absolute Gasteiger partial charge is 0.303 e. The molecule has 0 unspecified atom stereocenters. The average Bonchev–Trinajstić information content (AvgIpc) is 2.29. The van der Waals surface area contributed by atoms with Crippen LogP contribution < -0.4 is 10.2 Å². The molecule has 0 atom stereocenters. The maximum absolute atomic E-state index is 11.5. The SMILES string of the molecule is O=C(O)CCCN1CC(=O)Nc2ccc(Br)cc21. The second kappa shape index (κ2) is 5.39. The number of anilines is 2. The van der Waals surface area contributed by atoms with Crippen LogP contribution in [0.4, 0.5) is 11.4 Å². The minimum Gasteiger partial charge on any atom is -0.481 e. The van der Waals surface area contributed by atoms with Crippen molar-refractivity contribution in [3.63, 3.8) is 0 Å². The maximum atomic E-state index is 11.5. The van der Waals surface area contributed by atoms with Crippen LogP contribution in [0.5, 0.6) is 0 Å². The molecule has 0 saturated carbocycles. The van der Waals surface area contributed by atoms with E-state index in [1.54, 1.807) is 0 Å². The van der Waals surface area contributed by atoms with Crippen LogP contribution in [0, 0.1) is 0 Å². The van der Waals surface area contributed by atoms with E-state index in [9.17, 15) is 9.59 Å². The predicted molar refractivity (Wildman–Crippen MR) is 71.9 cm³/mol. The van der Waals surface area contributed by atoms with Crippen LogP contribution in [-0.4, -0.2) is 30.1 Å². The van der Waals surface area contributed by atoms with Gasteiger partial charge in [0.25, 0.3) is 0 Å². The van der Waals surface area contributed by atoms with E-state index in [4.69, 9.17) is 5.11 Å². The Hall–Kier alpha value is -1.56. The molecule has 18 heavy (non-hydrogen) atoms. The van der Waals surface area contributed by atoms with E-state index >= 15 is 0 Å². The summed E-state index contributed by atoms with van der Waals surface area (Å²) < 4.78 is 0.931. The Balaban J connectivity index is 2.14. The molecular weight excluding hydrogens is 300 g/mol. The summed E-state index contributed by atoms with van der Waals surface area (Å²) in [6.45, 7) is 0.826. The Morgan fingerprint density at radius 3 is 3.00 bits per heavy atom. The number of carboxylic acid groups (broad SMARTS) is 1. The van der Waals surface area contributed by atoms with Crippen molar-refractivity contribution in [2.75, 3.05) is 23.3 Å². The monoisotopic (exact) mass is 312 g/mol. The van der Waals surface area contributed by atoms with Gasteiger partial charge in [0.05, 0.1) is 17.9 Å². The highest BCUT2D eigenvalue weighted by atomic mass is 79.9. The number of nitrogens with one attached hydrogen (secondary N) is 1. The quantitative estimate of drug-likeness (QED) is 0.893. The van der Waals surface area contributed by atoms with Crippen LogP contribution in [0.15, 0.2) is 22.7 Å². The van der Waals surface area contributed by atoms with E-state index < -0.39 is 5.97 Å². The minimum absolute atomic E-state index is 0.0693. The van der Waals surface area contributed by atoms with E-state index in [-0.39, 0.29) is 18.9 Å². The number of halogens is 1. The van der Waals surface area contributed by atoms with E-state index in [2.05, 4.69) is 21.2 Å². The molecule has 0 fully saturated rings. The highest BCUT2D eigenvalue weighted by Crippen LogP contribution is 2.32. The van der Waals surface area contributed by atoms with Gasteiger partial charge in [-0.3, -0.25) is 9.59 Å². The lowest BCUT2D eigenvalue weighted by Crippen LogP contribution is -2.38. The number of carbonyl (C=O) groups excluding carboxylic acids is 1. The predicted octanol–water partition coefficient (Wildman–Crippen LogP) is 2.07. The van der Waals surface area contributed by atoms with Crippen molar-refractivity contribution < 1.29 is 14.7 Å². The first-order valence-electron chi connectivity index (χ1n) is 5.62. The normalized spacial score (nSPS) is 14.1. The van der Waals surface area contributed by atoms with Crippen LogP contribution in [0.25, 0.3) is 0 Å². The first-order chi connectivity index (χ1) is 8.56. The lowest BCUT2D eigenvalue weighted by Gasteiger charge is -2.31. The number of rotatable bonds is 4. The van der Waals surface area contributed by atoms with Gasteiger partial charge in [0.2, 0.25) is 5.91 Å². The van der Waals surface area contributed by atoms with Gasteiger partial charge in [-0.2, -0.15) is 0 Å². The van der Waals surface area contributed by atoms with E-state index in [1.165, 1.54) is 0 Å². The molecule has 1 amide bonds. The molecule has 5 nitrogen and oxygen atoms in total. The lowest BCUT2D eigenvalue weighted by molar-refractivity contribution is -0.137. The topological polar surface area (TPSA) is 69.6 Å². The van der Waals surface area contributed by atoms with Gasteiger partial charge < -0.3 is 15.3 Å². The van der Waals surface area contributed by atoms with Crippen LogP contribution in [-0.2, 0) is 9.59 Å². The Morgan fingerprint density at radius 1 is 1.50 bits per heavy atom. The molecule has 2 N–H and O–H groups in total. The summed E-state index contributed by atoms with van der Waals surface area (Å²) in [4.78, 5) is 23.9. The van der Waals surface area contributed by atoms with E-state index in [0.717, 1.165) is 15.8 Å². The average molecular weight is 313 g/mol. The molecule has 0 aliphatic carbocycles. The van der Waals surface area contributed by atoms with Crippen molar-refractivity contribution in [2.45, 2.75) is 12.8 Å². The molecule has 0 radical (unpaired) electrons. The van der Waals surface area contributed by atoms with E-state index in [1.807, 2.05) is 23.1 Å². The van der Waals surface area contributed by atoms with Crippen molar-refractivity contribution in [2.24, 2.45) is 0 Å². The van der Waals surface area contributed by atoms with Crippen molar-refractivity contribution in [3.8, 4) is 0 Å². The number of hydrogen-bond acceptors (Lipinski definition) is 3. The fraction of sp³-hybridized carbons (Fsp3) is 0.333. The third kappa shape index (κ3) is 3.01. The third-order valence-corrected chi connectivity index (χ3v) is 3.22. The van der Waals surface area contributed by atoms with Gasteiger partial charge in [0, 0.05) is 17.4 Å². The number of carbonyl (C=O) groups is 2. The molecule has 1 aromatic rings. The number of hydrogen-bond donors (Lipinski definition) is 2. The summed E-state index contributed by atoms with van der Waals surface area (Å²) in [5.41, 5.74) is 1.69. The van der Waals surface area contributed by atoms with Gasteiger partial charge in [-0.05, 0) is 24.6 Å². The van der Waals surface area contributed by atoms with Crippen molar-refractivity contribution in [3.05, 3.63) is 22.7 Å². The molecule has 1 aliphatic heterocycles. The van der Waals surface area contributed by atoms with Gasteiger partial charge in [-0.1, -0.05) is 15.9 Å². The van der Waals surface area contributed by atoms with Gasteiger partial charge in [0.1, 0.15) is 0 Å². The fourth-order valence-corrected chi connectivity index (χ4v) is 2.29. The molecule has 0 saturated heterocycles. The van der Waals surface area contributed by atoms with Crippen molar-refractivity contribution >= 4 is 39.2 Å². The molecular formula is C12H13BrN2O3. The minimum atomic E-state index is -0.814. The Kier molecular flexibility index (Phi) is 3.86. The van der Waals surface area contributed by atoms with Gasteiger partial charge in [-0.15, -0.1) is 0 Å². The summed E-state index contributed by atoms with van der Waals surface area (Å²) in [5, 5.41) is 11.4. The molecule has 96 valence electrons. The van der Waals surface area contributed by atoms with Crippen molar-refractivity contribution in [1.82, 2.24) is 0 Å². The highest BCUT2D eigenvalue weighted by Gasteiger charge is 2.21. The standard InChI is InChI=1S/C12H13BrN2O3/c13-8-3-4-9-10(6-8)15(7-11(16)14-9)5-1-2-12(17)18/h3-4,6H,1-2,5,7H2,(H,14,16)(H,17,18). The van der Waals surface area contributed by atoms with Crippen LogP contribution in [0.3, 0.4) is 0 Å². The van der Waals surface area contributed by atoms with E-state index in [0.29, 0.717) is 13.0 Å². The summed E-state index contributed by atoms with van der Waals surface area (Å²) in [7, 11) is 0. The molecule has 0 spiro atoms. The molecule has 2 rings (SSSR count). The number of benzene rings is 1. The molecule has 0 bridgehead atoms. The third-order valence-electron chi connectivity index (χ3n) is 2.73. The summed E-state index contributed by atoms with van der Waals surface area (Å²) in [5.74, 6) is -0.883. The highest BCUT2D eigenvalue weighted by molar-refractivity contribution is 9.10. The Morgan fingerprint density at radius 2 is 2.28 bits per heavy atom. The van der Waals surface area contributed by atoms with Gasteiger partial charge in [-0.25, -0.2) is 0 Å². The first kappa shape index (κ1) is 12.9. The van der Waals surface area contributed by atoms with Gasteiger partial charge >= 0.3 is 5.97 Å². The maximum Gasteiger partial charge on any atom is 0.303 e. The number of fused-ring (bicyclic) bond motifs is 1. The zero-order valence-corrected chi connectivity index (χ0v) is 11.2. The number of aliphatic carboxylic acids is 1. The molecule has 1 aromatic carbocycles. The molecule has 6 heteroatoms. The summed E-state index contributed by atoms with van der Waals surface area (Å²) in [6.07, 6.45) is 0.635. The largest absolute Gasteiger partial charge is 0.481 e. The fourth-order valence-electron chi connectivity index (χ4n) is 1.94.